The molecule has 0 amide bonds. The van der Waals surface area contributed by atoms with Crippen LogP contribution in [0.1, 0.15) is 18.1 Å². The van der Waals surface area contributed by atoms with Crippen molar-refractivity contribution in [3.8, 4) is 0 Å². The van der Waals surface area contributed by atoms with E-state index in [0.717, 1.165) is 0 Å². The summed E-state index contributed by atoms with van der Waals surface area (Å²) in [4.78, 5) is 10.6. The molecule has 0 heterocycles. The van der Waals surface area contributed by atoms with Crippen molar-refractivity contribution in [1.82, 2.24) is 0 Å². The summed E-state index contributed by atoms with van der Waals surface area (Å²) >= 11 is 0. The summed E-state index contributed by atoms with van der Waals surface area (Å²) in [6.07, 6.45) is -1.20. The summed E-state index contributed by atoms with van der Waals surface area (Å²) < 4.78 is 0. The lowest BCUT2D eigenvalue weighted by Crippen LogP contribution is -2.57. The molecule has 5 nitrogen and oxygen atoms in total. The molecule has 1 unspecified atom stereocenters. The zero-order valence-corrected chi connectivity index (χ0v) is 8.13. The van der Waals surface area contributed by atoms with E-state index in [-0.39, 0.29) is 6.42 Å². The Bertz CT molecular complexity index is 338. The molecule has 1 aromatic rings. The first kappa shape index (κ1) is 11.6. The summed E-state index contributed by atoms with van der Waals surface area (Å²) in [5.74, 6) is -1.34. The molecule has 1 atom stereocenters. The van der Waals surface area contributed by atoms with Gasteiger partial charge in [0.05, 0.1) is 6.10 Å². The van der Waals surface area contributed by atoms with Gasteiger partial charge in [-0.3, -0.25) is 0 Å². The zero-order valence-electron chi connectivity index (χ0n) is 8.13. The third-order valence-electron chi connectivity index (χ3n) is 2.11. The van der Waals surface area contributed by atoms with E-state index in [0.29, 0.717) is 5.56 Å². The van der Waals surface area contributed by atoms with Crippen molar-refractivity contribution in [3.05, 3.63) is 35.9 Å². The predicted molar refractivity (Wildman–Crippen MR) is 54.8 cm³/mol. The predicted octanol–water partition coefficient (Wildman–Crippen LogP) is -0.192. The summed E-state index contributed by atoms with van der Waals surface area (Å²) in [5.41, 5.74) is 9.32. The maximum absolute atomic E-state index is 10.6. The molecule has 0 aliphatic heterocycles. The summed E-state index contributed by atoms with van der Waals surface area (Å²) in [6, 6.07) is 8.65. The van der Waals surface area contributed by atoms with Crippen molar-refractivity contribution in [2.24, 2.45) is 11.5 Å². The number of carboxylic acids is 1. The van der Waals surface area contributed by atoms with Crippen LogP contribution in [0.5, 0.6) is 0 Å². The molecule has 0 saturated heterocycles. The smallest absolute Gasteiger partial charge is 0.338 e. The van der Waals surface area contributed by atoms with Gasteiger partial charge in [0.25, 0.3) is 0 Å². The number of carboxylic acid groups (broad SMARTS) is 1. The number of nitrogens with two attached hydrogens (primary N) is 2. The molecular weight excluding hydrogens is 196 g/mol. The number of aliphatic hydroxyl groups excluding tert-OH is 1. The highest BCUT2D eigenvalue weighted by Gasteiger charge is 2.31. The van der Waals surface area contributed by atoms with Gasteiger partial charge in [-0.25, -0.2) is 4.79 Å². The minimum Gasteiger partial charge on any atom is -0.479 e. The third-order valence-corrected chi connectivity index (χ3v) is 2.11. The van der Waals surface area contributed by atoms with Gasteiger partial charge in [0.15, 0.2) is 5.66 Å². The van der Waals surface area contributed by atoms with E-state index in [1.807, 2.05) is 0 Å². The maximum atomic E-state index is 10.6. The fourth-order valence-corrected chi connectivity index (χ4v) is 1.20. The van der Waals surface area contributed by atoms with E-state index in [1.54, 1.807) is 30.3 Å². The van der Waals surface area contributed by atoms with Crippen molar-refractivity contribution >= 4 is 5.97 Å². The first-order valence-corrected chi connectivity index (χ1v) is 4.47. The number of hydrogen-bond acceptors (Lipinski definition) is 4. The highest BCUT2D eigenvalue weighted by atomic mass is 16.4. The SMILES string of the molecule is NC(N)(CC(O)c1ccccc1)C(=O)O. The van der Waals surface area contributed by atoms with Crippen LogP contribution in [0.25, 0.3) is 0 Å². The van der Waals surface area contributed by atoms with Crippen LogP contribution in [-0.4, -0.2) is 21.8 Å². The second-order valence-electron chi connectivity index (χ2n) is 3.48. The molecule has 5 heteroatoms. The highest BCUT2D eigenvalue weighted by molar-refractivity contribution is 5.77. The normalized spacial score (nSPS) is 13.5. The molecule has 6 N–H and O–H groups in total. The van der Waals surface area contributed by atoms with Crippen molar-refractivity contribution in [2.45, 2.75) is 18.2 Å². The van der Waals surface area contributed by atoms with E-state index < -0.39 is 17.7 Å². The molecule has 0 bridgehead atoms. The van der Waals surface area contributed by atoms with Gasteiger partial charge in [0.1, 0.15) is 0 Å². The summed E-state index contributed by atoms with van der Waals surface area (Å²) in [6.45, 7) is 0. The van der Waals surface area contributed by atoms with Gasteiger partial charge in [0, 0.05) is 6.42 Å². The molecule has 1 aromatic carbocycles. The van der Waals surface area contributed by atoms with Crippen LogP contribution in [0.2, 0.25) is 0 Å². The minimum absolute atomic E-state index is 0.230. The van der Waals surface area contributed by atoms with Crippen LogP contribution >= 0.6 is 0 Å². The Hall–Kier alpha value is -1.43. The van der Waals surface area contributed by atoms with E-state index in [1.165, 1.54) is 0 Å². The molecular formula is C10H14N2O3. The number of aliphatic carboxylic acids is 1. The lowest BCUT2D eigenvalue weighted by molar-refractivity contribution is -0.144. The van der Waals surface area contributed by atoms with Gasteiger partial charge in [0.2, 0.25) is 0 Å². The number of hydrogen-bond donors (Lipinski definition) is 4. The Balaban J connectivity index is 2.72. The number of aliphatic hydroxyl groups is 1. The Morgan fingerprint density at radius 3 is 2.33 bits per heavy atom. The average Bonchev–Trinajstić information content (AvgIpc) is 2.18. The highest BCUT2D eigenvalue weighted by Crippen LogP contribution is 2.19. The van der Waals surface area contributed by atoms with Crippen LogP contribution in [-0.2, 0) is 4.79 Å². The van der Waals surface area contributed by atoms with Crippen LogP contribution in [0, 0.1) is 0 Å². The van der Waals surface area contributed by atoms with Gasteiger partial charge < -0.3 is 21.7 Å². The maximum Gasteiger partial charge on any atom is 0.338 e. The molecule has 82 valence electrons. The topological polar surface area (TPSA) is 110 Å². The minimum atomic E-state index is -1.91. The standard InChI is InChI=1S/C10H14N2O3/c11-10(12,9(14)15)6-8(13)7-4-2-1-3-5-7/h1-5,8,13H,6,11-12H2,(H,14,15). The second-order valence-corrected chi connectivity index (χ2v) is 3.48. The molecule has 15 heavy (non-hydrogen) atoms. The Kier molecular flexibility index (Phi) is 3.41. The van der Waals surface area contributed by atoms with Crippen LogP contribution in [0.15, 0.2) is 30.3 Å². The fourth-order valence-electron chi connectivity index (χ4n) is 1.20. The molecule has 1 rings (SSSR count). The lowest BCUT2D eigenvalue weighted by atomic mass is 9.98. The Morgan fingerprint density at radius 1 is 1.33 bits per heavy atom. The molecule has 0 aliphatic carbocycles. The molecule has 0 aliphatic rings. The summed E-state index contributed by atoms with van der Waals surface area (Å²) in [7, 11) is 0. The lowest BCUT2D eigenvalue weighted by Gasteiger charge is -2.22. The fraction of sp³-hybridized carbons (Fsp3) is 0.300. The number of benzene rings is 1. The largest absolute Gasteiger partial charge is 0.479 e. The van der Waals surface area contributed by atoms with Crippen molar-refractivity contribution in [3.63, 3.8) is 0 Å². The first-order chi connectivity index (χ1) is 6.93. The van der Waals surface area contributed by atoms with E-state index in [9.17, 15) is 9.90 Å². The molecule has 0 radical (unpaired) electrons. The quantitative estimate of drug-likeness (QED) is 0.515. The van der Waals surface area contributed by atoms with Crippen LogP contribution in [0.4, 0.5) is 0 Å². The van der Waals surface area contributed by atoms with E-state index in [2.05, 4.69) is 0 Å². The third kappa shape index (κ3) is 3.02. The van der Waals surface area contributed by atoms with Crippen molar-refractivity contribution in [1.29, 1.82) is 0 Å². The Labute approximate surface area is 87.3 Å². The van der Waals surface area contributed by atoms with Gasteiger partial charge in [-0.2, -0.15) is 0 Å². The van der Waals surface area contributed by atoms with Crippen molar-refractivity contribution in [2.75, 3.05) is 0 Å². The van der Waals surface area contributed by atoms with Gasteiger partial charge >= 0.3 is 5.97 Å². The zero-order chi connectivity index (χ0) is 11.5. The van der Waals surface area contributed by atoms with E-state index in [4.69, 9.17) is 16.6 Å². The monoisotopic (exact) mass is 210 g/mol. The molecule has 0 fully saturated rings. The van der Waals surface area contributed by atoms with Crippen LogP contribution < -0.4 is 11.5 Å². The molecule has 0 aromatic heterocycles. The average molecular weight is 210 g/mol. The van der Waals surface area contributed by atoms with E-state index >= 15 is 0 Å². The summed E-state index contributed by atoms with van der Waals surface area (Å²) in [5, 5.41) is 18.4. The number of rotatable bonds is 4. The Morgan fingerprint density at radius 2 is 1.87 bits per heavy atom. The second kappa shape index (κ2) is 4.39. The van der Waals surface area contributed by atoms with Gasteiger partial charge in [-0.1, -0.05) is 30.3 Å². The first-order valence-electron chi connectivity index (χ1n) is 4.47. The van der Waals surface area contributed by atoms with Crippen LogP contribution in [0.3, 0.4) is 0 Å². The molecule has 0 saturated carbocycles. The van der Waals surface area contributed by atoms with Gasteiger partial charge in [-0.05, 0) is 5.56 Å². The number of carbonyl (C=O) groups is 1. The van der Waals surface area contributed by atoms with Gasteiger partial charge in [-0.15, -0.1) is 0 Å². The van der Waals surface area contributed by atoms with Crippen molar-refractivity contribution < 1.29 is 15.0 Å². The molecule has 0 spiro atoms.